The molecule has 2 rings (SSSR count). The molecular weight excluding hydrogens is 293 g/mol. The summed E-state index contributed by atoms with van der Waals surface area (Å²) in [4.78, 5) is 7.57. The van der Waals surface area contributed by atoms with Gasteiger partial charge in [0.05, 0.1) is 0 Å². The first-order chi connectivity index (χ1) is 10.3. The van der Waals surface area contributed by atoms with Crippen LogP contribution in [0.3, 0.4) is 0 Å². The summed E-state index contributed by atoms with van der Waals surface area (Å²) in [5.41, 5.74) is 1.62. The Kier molecular flexibility index (Phi) is 4.54. The Morgan fingerprint density at radius 2 is 1.73 bits per heavy atom. The summed E-state index contributed by atoms with van der Waals surface area (Å²) < 4.78 is 38.8. The molecule has 0 bridgehead atoms. The molecule has 0 spiro atoms. The van der Waals surface area contributed by atoms with Gasteiger partial charge in [-0.15, -0.1) is 0 Å². The van der Waals surface area contributed by atoms with E-state index in [0.29, 0.717) is 6.54 Å². The number of aromatic nitrogens is 2. The number of alkyl halides is 3. The van der Waals surface area contributed by atoms with Gasteiger partial charge in [0.1, 0.15) is 5.82 Å². The largest absolute Gasteiger partial charge is 0.433 e. The van der Waals surface area contributed by atoms with Crippen molar-refractivity contribution < 1.29 is 13.2 Å². The van der Waals surface area contributed by atoms with Gasteiger partial charge in [-0.05, 0) is 31.9 Å². The molecule has 0 atom stereocenters. The lowest BCUT2D eigenvalue weighted by Crippen LogP contribution is -2.13. The molecule has 0 radical (unpaired) electrons. The van der Waals surface area contributed by atoms with E-state index in [9.17, 15) is 13.2 Å². The Labute approximate surface area is 126 Å². The number of para-hydroxylation sites is 1. The zero-order chi connectivity index (χ0) is 16.3. The second-order valence-corrected chi connectivity index (χ2v) is 4.88. The quantitative estimate of drug-likeness (QED) is 0.884. The summed E-state index contributed by atoms with van der Waals surface area (Å²) in [7, 11) is 0. The minimum atomic E-state index is -4.52. The number of hydrogen-bond acceptors (Lipinski definition) is 4. The molecular formula is C15H17F3N4. The fourth-order valence-electron chi connectivity index (χ4n) is 2.03. The van der Waals surface area contributed by atoms with Crippen LogP contribution in [-0.4, -0.2) is 16.5 Å². The zero-order valence-electron chi connectivity index (χ0n) is 12.5. The van der Waals surface area contributed by atoms with Gasteiger partial charge in [-0.3, -0.25) is 0 Å². The first-order valence-corrected chi connectivity index (χ1v) is 6.84. The third kappa shape index (κ3) is 3.66. The van der Waals surface area contributed by atoms with Gasteiger partial charge in [0.2, 0.25) is 5.95 Å². The van der Waals surface area contributed by atoms with Crippen molar-refractivity contribution in [3.8, 4) is 0 Å². The summed E-state index contributed by atoms with van der Waals surface area (Å²) in [6.07, 6.45) is -4.52. The number of nitrogens with zero attached hydrogens (tertiary/aromatic N) is 2. The van der Waals surface area contributed by atoms with Crippen LogP contribution in [0, 0.1) is 13.8 Å². The number of nitrogens with one attached hydrogen (secondary N) is 2. The zero-order valence-corrected chi connectivity index (χ0v) is 12.5. The van der Waals surface area contributed by atoms with E-state index in [1.165, 1.54) is 0 Å². The summed E-state index contributed by atoms with van der Waals surface area (Å²) in [5.74, 6) is 0.0572. The molecule has 118 valence electrons. The molecule has 0 fully saturated rings. The average Bonchev–Trinajstić information content (AvgIpc) is 2.42. The number of halogens is 3. The molecule has 4 nitrogen and oxygen atoms in total. The van der Waals surface area contributed by atoms with Crippen LogP contribution in [0.2, 0.25) is 0 Å². The molecule has 1 heterocycles. The first-order valence-electron chi connectivity index (χ1n) is 6.84. The summed E-state index contributed by atoms with van der Waals surface area (Å²) in [5, 5.41) is 5.67. The number of benzene rings is 1. The maximum atomic E-state index is 12.9. The highest BCUT2D eigenvalue weighted by Crippen LogP contribution is 2.31. The smallest absolute Gasteiger partial charge is 0.354 e. The molecule has 7 heteroatoms. The fraction of sp³-hybridized carbons (Fsp3) is 0.333. The van der Waals surface area contributed by atoms with E-state index in [-0.39, 0.29) is 11.8 Å². The van der Waals surface area contributed by atoms with Crippen LogP contribution in [0.5, 0.6) is 0 Å². The number of anilines is 3. The third-order valence-electron chi connectivity index (χ3n) is 3.09. The Balaban J connectivity index is 2.44. The first kappa shape index (κ1) is 16.1. The van der Waals surface area contributed by atoms with Crippen molar-refractivity contribution in [3.63, 3.8) is 0 Å². The fourth-order valence-corrected chi connectivity index (χ4v) is 2.03. The van der Waals surface area contributed by atoms with Crippen molar-refractivity contribution in [1.82, 2.24) is 9.97 Å². The molecule has 0 aliphatic carbocycles. The SMILES string of the molecule is CCNc1nc(Nc2c(C)cccc2C)cc(C(F)(F)F)n1. The summed E-state index contributed by atoms with van der Waals surface area (Å²) in [6.45, 7) is 5.96. The minimum Gasteiger partial charge on any atom is -0.354 e. The van der Waals surface area contributed by atoms with Crippen LogP contribution in [-0.2, 0) is 6.18 Å². The van der Waals surface area contributed by atoms with Crippen LogP contribution in [0.25, 0.3) is 0 Å². The van der Waals surface area contributed by atoms with Gasteiger partial charge >= 0.3 is 6.18 Å². The van der Waals surface area contributed by atoms with Gasteiger partial charge in [-0.25, -0.2) is 4.98 Å². The molecule has 0 saturated carbocycles. The van der Waals surface area contributed by atoms with E-state index in [4.69, 9.17) is 0 Å². The van der Waals surface area contributed by atoms with E-state index in [2.05, 4.69) is 20.6 Å². The van der Waals surface area contributed by atoms with Crippen LogP contribution in [0.15, 0.2) is 24.3 Å². The van der Waals surface area contributed by atoms with E-state index < -0.39 is 11.9 Å². The van der Waals surface area contributed by atoms with E-state index in [1.807, 2.05) is 32.0 Å². The van der Waals surface area contributed by atoms with Gasteiger partial charge in [0, 0.05) is 18.3 Å². The van der Waals surface area contributed by atoms with Crippen molar-refractivity contribution in [2.24, 2.45) is 0 Å². The number of hydrogen-bond donors (Lipinski definition) is 2. The lowest BCUT2D eigenvalue weighted by molar-refractivity contribution is -0.141. The molecule has 2 N–H and O–H groups in total. The summed E-state index contributed by atoms with van der Waals surface area (Å²) in [6, 6.07) is 6.56. The highest BCUT2D eigenvalue weighted by Gasteiger charge is 2.33. The van der Waals surface area contributed by atoms with Crippen LogP contribution < -0.4 is 10.6 Å². The predicted octanol–water partition coefficient (Wildman–Crippen LogP) is 4.29. The highest BCUT2D eigenvalue weighted by molar-refractivity contribution is 5.65. The average molecular weight is 310 g/mol. The van der Waals surface area contributed by atoms with Crippen LogP contribution in [0.4, 0.5) is 30.6 Å². The second kappa shape index (κ2) is 6.21. The van der Waals surface area contributed by atoms with Gasteiger partial charge in [0.25, 0.3) is 0 Å². The highest BCUT2D eigenvalue weighted by atomic mass is 19.4. The van der Waals surface area contributed by atoms with Crippen LogP contribution >= 0.6 is 0 Å². The molecule has 1 aromatic heterocycles. The molecule has 2 aromatic rings. The molecule has 0 amide bonds. The second-order valence-electron chi connectivity index (χ2n) is 4.88. The van der Waals surface area contributed by atoms with Crippen molar-refractivity contribution in [1.29, 1.82) is 0 Å². The lowest BCUT2D eigenvalue weighted by atomic mass is 10.1. The third-order valence-corrected chi connectivity index (χ3v) is 3.09. The van der Waals surface area contributed by atoms with Gasteiger partial charge in [-0.2, -0.15) is 18.2 Å². The molecule has 0 aliphatic rings. The molecule has 0 unspecified atom stereocenters. The predicted molar refractivity (Wildman–Crippen MR) is 80.4 cm³/mol. The molecule has 1 aromatic carbocycles. The molecule has 0 saturated heterocycles. The lowest BCUT2D eigenvalue weighted by Gasteiger charge is -2.15. The maximum absolute atomic E-state index is 12.9. The van der Waals surface area contributed by atoms with Crippen molar-refractivity contribution in [3.05, 3.63) is 41.1 Å². The Hall–Kier alpha value is -2.31. The summed E-state index contributed by atoms with van der Waals surface area (Å²) >= 11 is 0. The monoisotopic (exact) mass is 310 g/mol. The standard InChI is InChI=1S/C15H17F3N4/c1-4-19-14-20-11(15(16,17)18)8-12(22-14)21-13-9(2)6-5-7-10(13)3/h5-8H,4H2,1-3H3,(H2,19,20,21,22). The van der Waals surface area contributed by atoms with Crippen LogP contribution in [0.1, 0.15) is 23.7 Å². The molecule has 22 heavy (non-hydrogen) atoms. The van der Waals surface area contributed by atoms with Gasteiger partial charge < -0.3 is 10.6 Å². The van der Waals surface area contributed by atoms with E-state index in [0.717, 1.165) is 22.9 Å². The van der Waals surface area contributed by atoms with Crippen molar-refractivity contribution in [2.75, 3.05) is 17.2 Å². The van der Waals surface area contributed by atoms with Crippen molar-refractivity contribution in [2.45, 2.75) is 26.9 Å². The Morgan fingerprint density at radius 1 is 1.09 bits per heavy atom. The number of aryl methyl sites for hydroxylation is 2. The number of rotatable bonds is 4. The Morgan fingerprint density at radius 3 is 2.27 bits per heavy atom. The van der Waals surface area contributed by atoms with Gasteiger partial charge in [0.15, 0.2) is 5.69 Å². The topological polar surface area (TPSA) is 49.8 Å². The Bertz CT molecular complexity index is 648. The van der Waals surface area contributed by atoms with E-state index in [1.54, 1.807) is 6.92 Å². The molecule has 0 aliphatic heterocycles. The van der Waals surface area contributed by atoms with Crippen molar-refractivity contribution >= 4 is 17.5 Å². The van der Waals surface area contributed by atoms with Gasteiger partial charge in [-0.1, -0.05) is 18.2 Å². The minimum absolute atomic E-state index is 0.0499. The van der Waals surface area contributed by atoms with E-state index >= 15 is 0 Å². The maximum Gasteiger partial charge on any atom is 0.433 e. The normalized spacial score (nSPS) is 11.4.